The van der Waals surface area contributed by atoms with Crippen LogP contribution in [0, 0.1) is 12.7 Å². The SMILES string of the molecule is CC(=O)c1c(C2C[C@H]3CC[C@@H](C2)N3C(=O)CO)nc2c(N3C=NC(c4n[nH]c(C)c4F)=CC3)cnn2c1N. The lowest BCUT2D eigenvalue weighted by molar-refractivity contribution is -0.138. The largest absolute Gasteiger partial charge is 0.387 e. The van der Waals surface area contributed by atoms with Crippen LogP contribution in [0.3, 0.4) is 0 Å². The lowest BCUT2D eigenvalue weighted by atomic mass is 9.85. The first-order valence-electron chi connectivity index (χ1n) is 12.6. The summed E-state index contributed by atoms with van der Waals surface area (Å²) in [6.45, 7) is 2.94. The maximum absolute atomic E-state index is 14.3. The molecule has 0 spiro atoms. The number of aromatic nitrogens is 5. The van der Waals surface area contributed by atoms with Gasteiger partial charge in [-0.15, -0.1) is 0 Å². The molecule has 0 radical (unpaired) electrons. The second kappa shape index (κ2) is 9.01. The van der Waals surface area contributed by atoms with Gasteiger partial charge in [0.25, 0.3) is 0 Å². The fraction of sp³-hybridized carbons (Fsp3) is 0.440. The third-order valence-electron chi connectivity index (χ3n) is 7.83. The van der Waals surface area contributed by atoms with Crippen molar-refractivity contribution in [3.8, 4) is 0 Å². The van der Waals surface area contributed by atoms with Crippen molar-refractivity contribution in [3.63, 3.8) is 0 Å². The molecule has 13 heteroatoms. The van der Waals surface area contributed by atoms with E-state index in [4.69, 9.17) is 10.7 Å². The second-order valence-corrected chi connectivity index (χ2v) is 10.1. The number of rotatable bonds is 5. The fourth-order valence-corrected chi connectivity index (χ4v) is 6.09. The van der Waals surface area contributed by atoms with Crippen LogP contribution in [-0.4, -0.2) is 78.1 Å². The van der Waals surface area contributed by atoms with Crippen LogP contribution in [0.5, 0.6) is 0 Å². The van der Waals surface area contributed by atoms with E-state index in [1.165, 1.54) is 11.4 Å². The zero-order chi connectivity index (χ0) is 26.7. The highest BCUT2D eigenvalue weighted by atomic mass is 19.1. The predicted octanol–water partition coefficient (Wildman–Crippen LogP) is 1.80. The Morgan fingerprint density at radius 1 is 1.26 bits per heavy atom. The number of ketones is 1. The maximum atomic E-state index is 14.3. The molecule has 6 rings (SSSR count). The minimum Gasteiger partial charge on any atom is -0.387 e. The number of H-pyrrole nitrogens is 1. The summed E-state index contributed by atoms with van der Waals surface area (Å²) in [7, 11) is 0. The summed E-state index contributed by atoms with van der Waals surface area (Å²) in [6, 6.07) is -0.0172. The van der Waals surface area contributed by atoms with Crippen LogP contribution in [0.1, 0.15) is 66.0 Å². The number of anilines is 2. The number of nitrogens with zero attached hydrogens (tertiary/aromatic N) is 7. The van der Waals surface area contributed by atoms with Gasteiger partial charge in [0.05, 0.1) is 35.2 Å². The standard InChI is InChI=1S/C25H28FN9O3/c1-12-21(26)23(32-31-12)17-5-6-33(11-28-17)18-9-29-35-24(27)20(13(2)37)22(30-25(18)35)14-7-15-3-4-16(8-14)34(15)19(38)10-36/h5,9,11,14-16,36H,3-4,6-8,10,27H2,1-2H3,(H,31,32)/t14?,15-,16+. The highest BCUT2D eigenvalue weighted by molar-refractivity contribution is 6.01. The number of aryl methyl sites for hydroxylation is 1. The normalized spacial score (nSPS) is 22.8. The number of nitrogen functional groups attached to an aromatic ring is 1. The molecule has 3 atom stereocenters. The molecule has 1 unspecified atom stereocenters. The molecule has 1 amide bonds. The van der Waals surface area contributed by atoms with Crippen LogP contribution in [0.2, 0.25) is 0 Å². The molecule has 198 valence electrons. The smallest absolute Gasteiger partial charge is 0.248 e. The molecule has 3 aliphatic rings. The number of halogens is 1. The summed E-state index contributed by atoms with van der Waals surface area (Å²) in [4.78, 5) is 38.0. The quantitative estimate of drug-likeness (QED) is 0.429. The number of piperidine rings is 1. The molecule has 2 bridgehead atoms. The third kappa shape index (κ3) is 3.68. The number of hydrogen-bond acceptors (Lipinski definition) is 9. The summed E-state index contributed by atoms with van der Waals surface area (Å²) < 4.78 is 15.8. The third-order valence-corrected chi connectivity index (χ3v) is 7.83. The summed E-state index contributed by atoms with van der Waals surface area (Å²) in [5.41, 5.74) is 9.49. The fourth-order valence-electron chi connectivity index (χ4n) is 6.09. The van der Waals surface area contributed by atoms with Gasteiger partial charge < -0.3 is 20.6 Å². The summed E-state index contributed by atoms with van der Waals surface area (Å²) >= 11 is 0. The van der Waals surface area contributed by atoms with Gasteiger partial charge in [0.2, 0.25) is 5.91 Å². The zero-order valence-electron chi connectivity index (χ0n) is 21.1. The predicted molar refractivity (Wildman–Crippen MR) is 137 cm³/mol. The molecule has 3 aliphatic heterocycles. The van der Waals surface area contributed by atoms with E-state index in [9.17, 15) is 19.1 Å². The lowest BCUT2D eigenvalue weighted by Crippen LogP contribution is -2.47. The molecule has 4 N–H and O–H groups in total. The summed E-state index contributed by atoms with van der Waals surface area (Å²) in [5.74, 6) is -0.755. The van der Waals surface area contributed by atoms with Crippen LogP contribution in [-0.2, 0) is 4.79 Å². The summed E-state index contributed by atoms with van der Waals surface area (Å²) in [5, 5.41) is 20.4. The van der Waals surface area contributed by atoms with Crippen LogP contribution < -0.4 is 10.6 Å². The van der Waals surface area contributed by atoms with Gasteiger partial charge >= 0.3 is 0 Å². The Labute approximate surface area is 217 Å². The number of aromatic amines is 1. The first-order chi connectivity index (χ1) is 18.3. The number of aliphatic hydroxyl groups excluding tert-OH is 1. The molecule has 2 saturated heterocycles. The van der Waals surface area contributed by atoms with E-state index in [1.54, 1.807) is 30.4 Å². The average molecular weight is 522 g/mol. The number of carbonyl (C=O) groups excluding carboxylic acids is 2. The Hall–Kier alpha value is -4.13. The molecular weight excluding hydrogens is 493 g/mol. The van der Waals surface area contributed by atoms with E-state index in [-0.39, 0.29) is 41.2 Å². The van der Waals surface area contributed by atoms with E-state index in [1.807, 2.05) is 4.90 Å². The molecular formula is C25H28FN9O3. The Kier molecular flexibility index (Phi) is 5.74. The highest BCUT2D eigenvalue weighted by Crippen LogP contribution is 2.44. The van der Waals surface area contributed by atoms with Crippen LogP contribution in [0.4, 0.5) is 15.9 Å². The molecule has 0 saturated carbocycles. The van der Waals surface area contributed by atoms with Crippen molar-refractivity contribution < 1.29 is 19.1 Å². The molecule has 2 fully saturated rings. The molecule has 3 aromatic rings. The maximum Gasteiger partial charge on any atom is 0.248 e. The van der Waals surface area contributed by atoms with Gasteiger partial charge in [-0.2, -0.15) is 14.7 Å². The van der Waals surface area contributed by atoms with E-state index in [2.05, 4.69) is 20.3 Å². The molecule has 6 heterocycles. The Balaban J connectivity index is 1.35. The number of Topliss-reactive ketones (excluding diaryl/α,β-unsaturated/α-hetero) is 1. The Morgan fingerprint density at radius 2 is 2.00 bits per heavy atom. The van der Waals surface area contributed by atoms with Crippen molar-refractivity contribution in [1.82, 2.24) is 29.7 Å². The number of amides is 1. The van der Waals surface area contributed by atoms with E-state index >= 15 is 0 Å². The average Bonchev–Trinajstić information content (AvgIpc) is 3.57. The van der Waals surface area contributed by atoms with Gasteiger partial charge in [-0.3, -0.25) is 14.7 Å². The van der Waals surface area contributed by atoms with Crippen molar-refractivity contribution in [2.24, 2.45) is 4.99 Å². The van der Waals surface area contributed by atoms with Crippen LogP contribution >= 0.6 is 0 Å². The number of aliphatic hydroxyl groups is 1. The number of nitrogens with one attached hydrogen (secondary N) is 1. The van der Waals surface area contributed by atoms with Gasteiger partial charge in [-0.05, 0) is 45.6 Å². The molecule has 3 aromatic heterocycles. The highest BCUT2D eigenvalue weighted by Gasteiger charge is 2.44. The topological polar surface area (TPSA) is 158 Å². The van der Waals surface area contributed by atoms with Gasteiger partial charge in [-0.25, -0.2) is 14.4 Å². The molecule has 12 nitrogen and oxygen atoms in total. The van der Waals surface area contributed by atoms with Crippen LogP contribution in [0.25, 0.3) is 11.3 Å². The number of carbonyl (C=O) groups is 2. The summed E-state index contributed by atoms with van der Waals surface area (Å²) in [6.07, 6.45) is 7.94. The van der Waals surface area contributed by atoms with E-state index in [0.29, 0.717) is 53.4 Å². The Morgan fingerprint density at radius 3 is 2.58 bits per heavy atom. The number of fused-ring (bicyclic) bond motifs is 3. The van der Waals surface area contributed by atoms with Gasteiger partial charge in [-0.1, -0.05) is 0 Å². The lowest BCUT2D eigenvalue weighted by Gasteiger charge is -2.39. The second-order valence-electron chi connectivity index (χ2n) is 10.1. The Bertz CT molecular complexity index is 1510. The van der Waals surface area contributed by atoms with Gasteiger partial charge in [0.1, 0.15) is 23.8 Å². The monoisotopic (exact) mass is 521 g/mol. The molecule has 0 aliphatic carbocycles. The van der Waals surface area contributed by atoms with Crippen molar-refractivity contribution in [3.05, 3.63) is 40.7 Å². The van der Waals surface area contributed by atoms with Crippen molar-refractivity contribution in [2.45, 2.75) is 57.5 Å². The van der Waals surface area contributed by atoms with E-state index < -0.39 is 12.4 Å². The first-order valence-corrected chi connectivity index (χ1v) is 12.6. The first kappa shape index (κ1) is 24.2. The van der Waals surface area contributed by atoms with Gasteiger partial charge in [0, 0.05) is 24.5 Å². The van der Waals surface area contributed by atoms with Gasteiger partial charge in [0.15, 0.2) is 17.2 Å². The number of nitrogens with two attached hydrogens (primary N) is 1. The molecule has 0 aromatic carbocycles. The van der Waals surface area contributed by atoms with Crippen molar-refractivity contribution >= 4 is 40.9 Å². The van der Waals surface area contributed by atoms with Crippen LogP contribution in [0.15, 0.2) is 17.3 Å². The molecule has 38 heavy (non-hydrogen) atoms. The zero-order valence-corrected chi connectivity index (χ0v) is 21.1. The van der Waals surface area contributed by atoms with E-state index in [0.717, 1.165) is 12.8 Å². The van der Waals surface area contributed by atoms with Crippen molar-refractivity contribution in [1.29, 1.82) is 0 Å². The number of hydrogen-bond donors (Lipinski definition) is 3. The van der Waals surface area contributed by atoms with Crippen molar-refractivity contribution in [2.75, 3.05) is 23.8 Å². The number of aliphatic imine (C=N–C) groups is 1. The minimum atomic E-state index is -0.507. The minimum absolute atomic E-state index is 0.00861.